The number of hydrogen-bond donors (Lipinski definition) is 1. The molecule has 4 nitrogen and oxygen atoms in total. The summed E-state index contributed by atoms with van der Waals surface area (Å²) in [6, 6.07) is 4.02. The Hall–Kier alpha value is -1.91. The van der Waals surface area contributed by atoms with Crippen molar-refractivity contribution in [2.75, 3.05) is 0 Å². The van der Waals surface area contributed by atoms with E-state index in [1.54, 1.807) is 13.8 Å². The fraction of sp³-hybridized carbons (Fsp3) is 0.333. The number of aliphatic carboxylic acids is 1. The molecule has 1 aromatic carbocycles. The monoisotopic (exact) mass is 237 g/mol. The molecule has 0 unspecified atom stereocenters. The Morgan fingerprint density at radius 2 is 2.24 bits per heavy atom. The van der Waals surface area contributed by atoms with Crippen molar-refractivity contribution in [2.45, 2.75) is 20.3 Å². The van der Waals surface area contributed by atoms with E-state index in [1.807, 2.05) is 0 Å². The van der Waals surface area contributed by atoms with Crippen molar-refractivity contribution in [1.29, 1.82) is 0 Å². The van der Waals surface area contributed by atoms with Crippen molar-refractivity contribution in [3.8, 4) is 0 Å². The molecular weight excluding hydrogens is 225 g/mol. The molecule has 0 bridgehead atoms. The lowest BCUT2D eigenvalue weighted by atomic mass is 9.90. The van der Waals surface area contributed by atoms with Crippen LogP contribution >= 0.6 is 0 Å². The van der Waals surface area contributed by atoms with Gasteiger partial charge in [-0.2, -0.15) is 0 Å². The van der Waals surface area contributed by atoms with Crippen molar-refractivity contribution >= 4 is 17.1 Å². The van der Waals surface area contributed by atoms with Gasteiger partial charge in [0.25, 0.3) is 0 Å². The van der Waals surface area contributed by atoms with Gasteiger partial charge in [0, 0.05) is 12.5 Å². The maximum Gasteiger partial charge on any atom is 0.309 e. The van der Waals surface area contributed by atoms with Crippen molar-refractivity contribution in [3.63, 3.8) is 0 Å². The van der Waals surface area contributed by atoms with E-state index >= 15 is 0 Å². The number of benzene rings is 1. The molecular formula is C12H12FNO3. The number of halogens is 1. The summed E-state index contributed by atoms with van der Waals surface area (Å²) in [5.74, 6) is -1.02. The largest absolute Gasteiger partial charge is 0.481 e. The minimum atomic E-state index is -0.959. The zero-order chi connectivity index (χ0) is 12.6. The molecule has 0 amide bonds. The van der Waals surface area contributed by atoms with Gasteiger partial charge in [-0.3, -0.25) is 4.79 Å². The van der Waals surface area contributed by atoms with Crippen LogP contribution in [0.15, 0.2) is 22.6 Å². The zero-order valence-corrected chi connectivity index (χ0v) is 9.53. The number of carbonyl (C=O) groups is 1. The lowest BCUT2D eigenvalue weighted by Crippen LogP contribution is -2.26. The first-order chi connectivity index (χ1) is 7.88. The molecule has 0 spiro atoms. The molecule has 0 radical (unpaired) electrons. The molecule has 17 heavy (non-hydrogen) atoms. The van der Waals surface area contributed by atoms with Gasteiger partial charge in [0.1, 0.15) is 11.3 Å². The van der Waals surface area contributed by atoms with E-state index in [2.05, 4.69) is 4.98 Å². The van der Waals surface area contributed by atoms with Gasteiger partial charge < -0.3 is 9.52 Å². The third-order valence-electron chi connectivity index (χ3n) is 2.57. The summed E-state index contributed by atoms with van der Waals surface area (Å²) in [5.41, 5.74) is -0.0943. The summed E-state index contributed by atoms with van der Waals surface area (Å²) in [7, 11) is 0. The van der Waals surface area contributed by atoms with Crippen LogP contribution in [0.3, 0.4) is 0 Å². The van der Waals surface area contributed by atoms with Crippen LogP contribution in [0.25, 0.3) is 11.1 Å². The predicted molar refractivity (Wildman–Crippen MR) is 59.1 cm³/mol. The lowest BCUT2D eigenvalue weighted by Gasteiger charge is -2.15. The number of nitrogens with zero attached hydrogens (tertiary/aromatic N) is 1. The highest BCUT2D eigenvalue weighted by Crippen LogP contribution is 2.24. The van der Waals surface area contributed by atoms with Gasteiger partial charge >= 0.3 is 5.97 Å². The highest BCUT2D eigenvalue weighted by atomic mass is 19.1. The quantitative estimate of drug-likeness (QED) is 0.891. The standard InChI is InChI=1S/C12H12FNO3/c1-12(2,11(15)16)6-10-14-8-5-7(13)3-4-9(8)17-10/h3-5H,6H2,1-2H3,(H,15,16). The molecule has 1 aromatic heterocycles. The molecule has 90 valence electrons. The first-order valence-corrected chi connectivity index (χ1v) is 5.17. The molecule has 1 heterocycles. The van der Waals surface area contributed by atoms with Crippen LogP contribution in [0.1, 0.15) is 19.7 Å². The first kappa shape index (κ1) is 11.6. The number of hydrogen-bond acceptors (Lipinski definition) is 3. The Morgan fingerprint density at radius 1 is 1.53 bits per heavy atom. The van der Waals surface area contributed by atoms with Gasteiger partial charge in [0.05, 0.1) is 5.41 Å². The average molecular weight is 237 g/mol. The van der Waals surface area contributed by atoms with Crippen molar-refractivity contribution in [1.82, 2.24) is 4.98 Å². The van der Waals surface area contributed by atoms with E-state index in [9.17, 15) is 9.18 Å². The Morgan fingerprint density at radius 3 is 2.88 bits per heavy atom. The number of carboxylic acid groups (broad SMARTS) is 1. The minimum absolute atomic E-state index is 0.165. The first-order valence-electron chi connectivity index (χ1n) is 5.17. The SMILES string of the molecule is CC(C)(Cc1nc2cc(F)ccc2o1)C(=O)O. The van der Waals surface area contributed by atoms with E-state index < -0.39 is 17.2 Å². The fourth-order valence-electron chi connectivity index (χ4n) is 1.48. The molecule has 0 atom stereocenters. The molecule has 2 rings (SSSR count). The van der Waals surface area contributed by atoms with Crippen molar-refractivity contribution < 1.29 is 18.7 Å². The molecule has 2 aromatic rings. The molecule has 0 saturated heterocycles. The summed E-state index contributed by atoms with van der Waals surface area (Å²) in [6.45, 7) is 3.18. The third-order valence-corrected chi connectivity index (χ3v) is 2.57. The maximum absolute atomic E-state index is 12.9. The predicted octanol–water partition coefficient (Wildman–Crippen LogP) is 2.62. The van der Waals surface area contributed by atoms with Crippen LogP contribution in [0, 0.1) is 11.2 Å². The highest BCUT2D eigenvalue weighted by molar-refractivity contribution is 5.75. The van der Waals surface area contributed by atoms with Gasteiger partial charge in [0.15, 0.2) is 11.5 Å². The van der Waals surface area contributed by atoms with E-state index in [1.165, 1.54) is 18.2 Å². The Kier molecular flexibility index (Phi) is 2.61. The van der Waals surface area contributed by atoms with Gasteiger partial charge in [0.2, 0.25) is 0 Å². The highest BCUT2D eigenvalue weighted by Gasteiger charge is 2.29. The summed E-state index contributed by atoms with van der Waals surface area (Å²) in [4.78, 5) is 15.0. The summed E-state index contributed by atoms with van der Waals surface area (Å²) < 4.78 is 18.3. The second-order valence-corrected chi connectivity index (χ2v) is 4.59. The third kappa shape index (κ3) is 2.27. The van der Waals surface area contributed by atoms with Crippen LogP contribution in [0.5, 0.6) is 0 Å². The molecule has 1 N–H and O–H groups in total. The Bertz CT molecular complexity index is 574. The smallest absolute Gasteiger partial charge is 0.309 e. The van der Waals surface area contributed by atoms with Gasteiger partial charge in [-0.15, -0.1) is 0 Å². The van der Waals surface area contributed by atoms with Crippen LogP contribution < -0.4 is 0 Å². The lowest BCUT2D eigenvalue weighted by molar-refractivity contribution is -0.147. The van der Waals surface area contributed by atoms with E-state index in [0.29, 0.717) is 17.0 Å². The molecule has 5 heteroatoms. The zero-order valence-electron chi connectivity index (χ0n) is 9.53. The topological polar surface area (TPSA) is 63.3 Å². The maximum atomic E-state index is 12.9. The summed E-state index contributed by atoms with van der Waals surface area (Å²) >= 11 is 0. The second-order valence-electron chi connectivity index (χ2n) is 4.59. The molecule has 0 aliphatic heterocycles. The van der Waals surface area contributed by atoms with E-state index in [0.717, 1.165) is 0 Å². The molecule has 0 saturated carbocycles. The fourth-order valence-corrected chi connectivity index (χ4v) is 1.48. The van der Waals surface area contributed by atoms with Crippen molar-refractivity contribution in [3.05, 3.63) is 29.9 Å². The van der Waals surface area contributed by atoms with Crippen molar-refractivity contribution in [2.24, 2.45) is 5.41 Å². The second kappa shape index (κ2) is 3.84. The number of fused-ring (bicyclic) bond motifs is 1. The number of carboxylic acids is 1. The van der Waals surface area contributed by atoms with E-state index in [4.69, 9.17) is 9.52 Å². The van der Waals surface area contributed by atoms with Gasteiger partial charge in [-0.25, -0.2) is 9.37 Å². The molecule has 0 aliphatic rings. The number of rotatable bonds is 3. The van der Waals surface area contributed by atoms with Gasteiger partial charge in [-0.05, 0) is 26.0 Å². The van der Waals surface area contributed by atoms with Crippen LogP contribution in [-0.4, -0.2) is 16.1 Å². The minimum Gasteiger partial charge on any atom is -0.481 e. The Balaban J connectivity index is 2.34. The molecule has 0 aliphatic carbocycles. The average Bonchev–Trinajstić information content (AvgIpc) is 2.57. The number of oxazole rings is 1. The normalized spacial score (nSPS) is 11.9. The van der Waals surface area contributed by atoms with Crippen LogP contribution in [0.4, 0.5) is 4.39 Å². The van der Waals surface area contributed by atoms with Crippen LogP contribution in [0.2, 0.25) is 0 Å². The van der Waals surface area contributed by atoms with Crippen LogP contribution in [-0.2, 0) is 11.2 Å². The summed E-state index contributed by atoms with van der Waals surface area (Å²) in [6.07, 6.45) is 0.165. The van der Waals surface area contributed by atoms with E-state index in [-0.39, 0.29) is 6.42 Å². The molecule has 0 fully saturated rings. The van der Waals surface area contributed by atoms with Gasteiger partial charge in [-0.1, -0.05) is 0 Å². The number of aromatic nitrogens is 1. The Labute approximate surface area is 97.1 Å². The summed E-state index contributed by atoms with van der Waals surface area (Å²) in [5, 5.41) is 8.99.